The van der Waals surface area contributed by atoms with Crippen molar-refractivity contribution in [3.05, 3.63) is 0 Å². The fourth-order valence-corrected chi connectivity index (χ4v) is 0.983. The molecule has 0 aliphatic carbocycles. The molecular weight excluding hydrogens is 105 g/mol. The number of rotatable bonds is 1. The summed E-state index contributed by atoms with van der Waals surface area (Å²) in [5, 5.41) is 3.12. The molecule has 0 spiro atoms. The first-order valence-electron chi connectivity index (χ1n) is 3.04. The summed E-state index contributed by atoms with van der Waals surface area (Å²) in [5.41, 5.74) is -0.0417. The third kappa shape index (κ3) is 0.996. The molecule has 48 valence electrons. The summed E-state index contributed by atoms with van der Waals surface area (Å²) in [7, 11) is 0. The van der Waals surface area contributed by atoms with Gasteiger partial charge in [-0.1, -0.05) is 6.92 Å². The lowest BCUT2D eigenvalue weighted by atomic mass is 9.92. The van der Waals surface area contributed by atoms with Gasteiger partial charge in [-0.3, -0.25) is 4.39 Å². The lowest BCUT2D eigenvalue weighted by Crippen LogP contribution is -2.21. The Kier molecular flexibility index (Phi) is 1.52. The molecule has 0 aromatic heterocycles. The van der Waals surface area contributed by atoms with Crippen molar-refractivity contribution in [3.8, 4) is 0 Å². The van der Waals surface area contributed by atoms with Crippen LogP contribution in [0.5, 0.6) is 0 Å². The van der Waals surface area contributed by atoms with Gasteiger partial charge in [-0.05, 0) is 13.0 Å². The zero-order valence-electron chi connectivity index (χ0n) is 5.21. The molecule has 1 aliphatic heterocycles. The van der Waals surface area contributed by atoms with Crippen molar-refractivity contribution in [3.63, 3.8) is 0 Å². The Morgan fingerprint density at radius 3 is 2.75 bits per heavy atom. The smallest absolute Gasteiger partial charge is 0.0960 e. The van der Waals surface area contributed by atoms with Gasteiger partial charge in [-0.15, -0.1) is 0 Å². The van der Waals surface area contributed by atoms with E-state index in [-0.39, 0.29) is 12.1 Å². The quantitative estimate of drug-likeness (QED) is 0.539. The predicted octanol–water partition coefficient (Wildman–Crippen LogP) is 0.956. The molecule has 2 heteroatoms. The maximum Gasteiger partial charge on any atom is 0.0960 e. The van der Waals surface area contributed by atoms with Crippen LogP contribution in [0.1, 0.15) is 13.3 Å². The Balaban J connectivity index is 2.40. The first-order chi connectivity index (χ1) is 3.77. The molecule has 1 saturated heterocycles. The topological polar surface area (TPSA) is 12.0 Å². The molecule has 0 saturated carbocycles. The summed E-state index contributed by atoms with van der Waals surface area (Å²) in [6, 6.07) is 0. The van der Waals surface area contributed by atoms with Gasteiger partial charge in [-0.25, -0.2) is 0 Å². The SMILES string of the molecule is C[C@@]1(CF)CCNC1. The van der Waals surface area contributed by atoms with Crippen LogP contribution in [0.4, 0.5) is 4.39 Å². The molecule has 1 N–H and O–H groups in total. The van der Waals surface area contributed by atoms with Gasteiger partial charge in [0.25, 0.3) is 0 Å². The van der Waals surface area contributed by atoms with E-state index in [1.165, 1.54) is 0 Å². The van der Waals surface area contributed by atoms with Crippen molar-refractivity contribution in [1.29, 1.82) is 0 Å². The molecule has 0 aromatic carbocycles. The van der Waals surface area contributed by atoms with Crippen molar-refractivity contribution in [1.82, 2.24) is 5.32 Å². The standard InChI is InChI=1S/C6H12FN/c1-6(4-7)2-3-8-5-6/h8H,2-5H2,1H3/t6-/m0/s1. The van der Waals surface area contributed by atoms with E-state index in [4.69, 9.17) is 0 Å². The van der Waals surface area contributed by atoms with Gasteiger partial charge < -0.3 is 5.32 Å². The van der Waals surface area contributed by atoms with E-state index in [1.807, 2.05) is 6.92 Å². The Morgan fingerprint density at radius 1 is 1.75 bits per heavy atom. The van der Waals surface area contributed by atoms with Crippen molar-refractivity contribution >= 4 is 0 Å². The normalized spacial score (nSPS) is 38.2. The number of alkyl halides is 1. The summed E-state index contributed by atoms with van der Waals surface area (Å²) in [6.07, 6.45) is 0.990. The van der Waals surface area contributed by atoms with Crippen LogP contribution in [-0.2, 0) is 0 Å². The molecule has 1 atom stereocenters. The molecule has 0 bridgehead atoms. The molecule has 1 aliphatic rings. The second-order valence-corrected chi connectivity index (χ2v) is 2.87. The fraction of sp³-hybridized carbons (Fsp3) is 1.00. The number of halogens is 1. The van der Waals surface area contributed by atoms with Gasteiger partial charge in [0.15, 0.2) is 0 Å². The molecule has 1 nitrogen and oxygen atoms in total. The Morgan fingerprint density at radius 2 is 2.50 bits per heavy atom. The predicted molar refractivity (Wildman–Crippen MR) is 31.6 cm³/mol. The highest BCUT2D eigenvalue weighted by atomic mass is 19.1. The monoisotopic (exact) mass is 117 g/mol. The largest absolute Gasteiger partial charge is 0.316 e. The molecule has 8 heavy (non-hydrogen) atoms. The average Bonchev–Trinajstić information content (AvgIpc) is 2.17. The van der Waals surface area contributed by atoms with Gasteiger partial charge >= 0.3 is 0 Å². The van der Waals surface area contributed by atoms with Crippen LogP contribution < -0.4 is 5.32 Å². The number of nitrogens with one attached hydrogen (secondary N) is 1. The van der Waals surface area contributed by atoms with E-state index in [0.717, 1.165) is 19.5 Å². The molecule has 1 fully saturated rings. The van der Waals surface area contributed by atoms with Gasteiger partial charge in [0, 0.05) is 12.0 Å². The van der Waals surface area contributed by atoms with E-state index in [1.54, 1.807) is 0 Å². The average molecular weight is 117 g/mol. The van der Waals surface area contributed by atoms with Crippen LogP contribution in [0.3, 0.4) is 0 Å². The third-order valence-corrected chi connectivity index (χ3v) is 1.78. The van der Waals surface area contributed by atoms with E-state index in [0.29, 0.717) is 0 Å². The first-order valence-corrected chi connectivity index (χ1v) is 3.04. The highest BCUT2D eigenvalue weighted by Gasteiger charge is 2.27. The highest BCUT2D eigenvalue weighted by molar-refractivity contribution is 4.82. The summed E-state index contributed by atoms with van der Waals surface area (Å²) in [5.74, 6) is 0. The summed E-state index contributed by atoms with van der Waals surface area (Å²) >= 11 is 0. The van der Waals surface area contributed by atoms with Crippen molar-refractivity contribution in [2.24, 2.45) is 5.41 Å². The van der Waals surface area contributed by atoms with Crippen LogP contribution in [-0.4, -0.2) is 19.8 Å². The van der Waals surface area contributed by atoms with Gasteiger partial charge in [-0.2, -0.15) is 0 Å². The molecule has 1 heterocycles. The minimum absolute atomic E-state index is 0.0417. The lowest BCUT2D eigenvalue weighted by Gasteiger charge is -2.15. The van der Waals surface area contributed by atoms with E-state index in [9.17, 15) is 4.39 Å². The Labute approximate surface area is 49.3 Å². The van der Waals surface area contributed by atoms with Crippen LogP contribution >= 0.6 is 0 Å². The maximum atomic E-state index is 12.0. The fourth-order valence-electron chi connectivity index (χ4n) is 0.983. The second kappa shape index (κ2) is 2.02. The first kappa shape index (κ1) is 6.02. The molecular formula is C6H12FN. The zero-order chi connectivity index (χ0) is 6.04. The Hall–Kier alpha value is -0.110. The van der Waals surface area contributed by atoms with Gasteiger partial charge in [0.2, 0.25) is 0 Å². The van der Waals surface area contributed by atoms with E-state index >= 15 is 0 Å². The third-order valence-electron chi connectivity index (χ3n) is 1.78. The lowest BCUT2D eigenvalue weighted by molar-refractivity contribution is 0.257. The molecule has 1 rings (SSSR count). The summed E-state index contributed by atoms with van der Waals surface area (Å²) in [6.45, 7) is 3.64. The van der Waals surface area contributed by atoms with Crippen LogP contribution in [0.2, 0.25) is 0 Å². The maximum absolute atomic E-state index is 12.0. The second-order valence-electron chi connectivity index (χ2n) is 2.87. The summed E-state index contributed by atoms with van der Waals surface area (Å²) in [4.78, 5) is 0. The van der Waals surface area contributed by atoms with Gasteiger partial charge in [0.1, 0.15) is 0 Å². The molecule has 0 unspecified atom stereocenters. The van der Waals surface area contributed by atoms with E-state index in [2.05, 4.69) is 5.32 Å². The van der Waals surface area contributed by atoms with Crippen LogP contribution in [0.15, 0.2) is 0 Å². The molecule has 0 amide bonds. The van der Waals surface area contributed by atoms with Crippen molar-refractivity contribution in [2.75, 3.05) is 19.8 Å². The minimum atomic E-state index is -0.181. The number of hydrogen-bond donors (Lipinski definition) is 1. The van der Waals surface area contributed by atoms with Crippen molar-refractivity contribution < 1.29 is 4.39 Å². The van der Waals surface area contributed by atoms with E-state index < -0.39 is 0 Å². The molecule has 0 radical (unpaired) electrons. The zero-order valence-corrected chi connectivity index (χ0v) is 5.21. The van der Waals surface area contributed by atoms with Crippen LogP contribution in [0.25, 0.3) is 0 Å². The van der Waals surface area contributed by atoms with Crippen LogP contribution in [0, 0.1) is 5.41 Å². The number of hydrogen-bond acceptors (Lipinski definition) is 1. The van der Waals surface area contributed by atoms with Crippen molar-refractivity contribution in [2.45, 2.75) is 13.3 Å². The Bertz CT molecular complexity index is 76.6. The molecule has 0 aromatic rings. The van der Waals surface area contributed by atoms with Gasteiger partial charge in [0.05, 0.1) is 6.67 Å². The minimum Gasteiger partial charge on any atom is -0.316 e. The highest BCUT2D eigenvalue weighted by Crippen LogP contribution is 2.23. The summed E-state index contributed by atoms with van der Waals surface area (Å²) < 4.78 is 12.0.